The average Bonchev–Trinajstić information content (AvgIpc) is 2.82. The summed E-state index contributed by atoms with van der Waals surface area (Å²) in [6, 6.07) is 6.02. The highest BCUT2D eigenvalue weighted by molar-refractivity contribution is 5.87. The first-order valence-corrected chi connectivity index (χ1v) is 4.84. The summed E-state index contributed by atoms with van der Waals surface area (Å²) < 4.78 is 5.32. The Labute approximate surface area is 81.5 Å². The third-order valence-electron chi connectivity index (χ3n) is 3.03. The normalized spacial score (nSPS) is 19.9. The second kappa shape index (κ2) is 2.71. The van der Waals surface area contributed by atoms with E-state index in [1.54, 1.807) is 6.26 Å². The lowest BCUT2D eigenvalue weighted by Crippen LogP contribution is -1.94. The molecule has 0 bridgehead atoms. The van der Waals surface area contributed by atoms with E-state index in [2.05, 4.69) is 6.07 Å². The van der Waals surface area contributed by atoms with E-state index >= 15 is 0 Å². The maximum atomic E-state index is 10.9. The zero-order valence-electron chi connectivity index (χ0n) is 7.69. The van der Waals surface area contributed by atoms with Gasteiger partial charge in [0.1, 0.15) is 11.9 Å². The van der Waals surface area contributed by atoms with Crippen molar-refractivity contribution in [3.8, 4) is 0 Å². The molecule has 0 N–H and O–H groups in total. The SMILES string of the molecule is O=CC1CCc2ccc3occc3c21. The van der Waals surface area contributed by atoms with Gasteiger partial charge in [-0.1, -0.05) is 6.07 Å². The van der Waals surface area contributed by atoms with Gasteiger partial charge in [-0.15, -0.1) is 0 Å². The quantitative estimate of drug-likeness (QED) is 0.641. The Kier molecular flexibility index (Phi) is 1.51. The minimum absolute atomic E-state index is 0.0753. The van der Waals surface area contributed by atoms with Crippen LogP contribution in [0, 0.1) is 0 Å². The fourth-order valence-corrected chi connectivity index (χ4v) is 2.36. The molecule has 1 aliphatic carbocycles. The molecule has 0 spiro atoms. The number of carbonyl (C=O) groups excluding carboxylic acids is 1. The summed E-state index contributed by atoms with van der Waals surface area (Å²) in [5.74, 6) is 0.0753. The minimum Gasteiger partial charge on any atom is -0.464 e. The molecule has 1 aromatic heterocycles. The van der Waals surface area contributed by atoms with E-state index in [1.807, 2.05) is 12.1 Å². The van der Waals surface area contributed by atoms with E-state index < -0.39 is 0 Å². The zero-order chi connectivity index (χ0) is 9.54. The molecule has 14 heavy (non-hydrogen) atoms. The lowest BCUT2D eigenvalue weighted by atomic mass is 9.99. The van der Waals surface area contributed by atoms with Gasteiger partial charge in [0, 0.05) is 11.3 Å². The maximum Gasteiger partial charge on any atom is 0.134 e. The number of hydrogen-bond donors (Lipinski definition) is 0. The van der Waals surface area contributed by atoms with Crippen molar-refractivity contribution in [1.82, 2.24) is 0 Å². The summed E-state index contributed by atoms with van der Waals surface area (Å²) in [7, 11) is 0. The summed E-state index contributed by atoms with van der Waals surface area (Å²) >= 11 is 0. The molecule has 1 aromatic carbocycles. The van der Waals surface area contributed by atoms with Gasteiger partial charge in [-0.25, -0.2) is 0 Å². The maximum absolute atomic E-state index is 10.9. The number of aldehydes is 1. The van der Waals surface area contributed by atoms with Crippen LogP contribution in [-0.4, -0.2) is 6.29 Å². The molecule has 0 saturated heterocycles. The molecule has 70 valence electrons. The van der Waals surface area contributed by atoms with Crippen LogP contribution in [0.3, 0.4) is 0 Å². The van der Waals surface area contributed by atoms with Crippen molar-refractivity contribution in [2.75, 3.05) is 0 Å². The van der Waals surface area contributed by atoms with Crippen LogP contribution in [0.1, 0.15) is 23.5 Å². The van der Waals surface area contributed by atoms with Crippen molar-refractivity contribution >= 4 is 17.3 Å². The highest BCUT2D eigenvalue weighted by Crippen LogP contribution is 2.37. The predicted molar refractivity (Wildman–Crippen MR) is 53.3 cm³/mol. The fourth-order valence-electron chi connectivity index (χ4n) is 2.36. The Morgan fingerprint density at radius 3 is 3.14 bits per heavy atom. The first-order chi connectivity index (χ1) is 6.90. The van der Waals surface area contributed by atoms with Crippen LogP contribution in [0.15, 0.2) is 28.9 Å². The lowest BCUT2D eigenvalue weighted by molar-refractivity contribution is -0.109. The topological polar surface area (TPSA) is 30.2 Å². The number of rotatable bonds is 1. The minimum atomic E-state index is 0.0753. The summed E-state index contributed by atoms with van der Waals surface area (Å²) in [5.41, 5.74) is 3.37. The summed E-state index contributed by atoms with van der Waals surface area (Å²) in [5, 5.41) is 1.11. The van der Waals surface area contributed by atoms with E-state index in [4.69, 9.17) is 4.42 Å². The molecular weight excluding hydrogens is 176 g/mol. The van der Waals surface area contributed by atoms with E-state index in [0.29, 0.717) is 0 Å². The molecule has 2 nitrogen and oxygen atoms in total. The average molecular weight is 186 g/mol. The molecule has 0 amide bonds. The molecule has 1 aliphatic rings. The van der Waals surface area contributed by atoms with Gasteiger partial charge in [-0.3, -0.25) is 0 Å². The van der Waals surface area contributed by atoms with Gasteiger partial charge in [0.2, 0.25) is 0 Å². The van der Waals surface area contributed by atoms with Crippen molar-refractivity contribution in [1.29, 1.82) is 0 Å². The number of carbonyl (C=O) groups is 1. The second-order valence-electron chi connectivity index (χ2n) is 3.75. The van der Waals surface area contributed by atoms with Crippen molar-refractivity contribution in [2.24, 2.45) is 0 Å². The Morgan fingerprint density at radius 1 is 1.36 bits per heavy atom. The molecular formula is C12H10O2. The predicted octanol–water partition coefficient (Wildman–Crippen LogP) is 2.66. The van der Waals surface area contributed by atoms with Crippen LogP contribution in [0.2, 0.25) is 0 Å². The van der Waals surface area contributed by atoms with Crippen molar-refractivity contribution in [3.63, 3.8) is 0 Å². The van der Waals surface area contributed by atoms with Gasteiger partial charge < -0.3 is 9.21 Å². The number of fused-ring (bicyclic) bond motifs is 3. The fraction of sp³-hybridized carbons (Fsp3) is 0.250. The van der Waals surface area contributed by atoms with Gasteiger partial charge in [0.15, 0.2) is 0 Å². The standard InChI is InChI=1S/C12H10O2/c13-7-9-2-1-8-3-4-11-10(12(8)9)5-6-14-11/h3-7,9H,1-2H2. The van der Waals surface area contributed by atoms with Crippen LogP contribution in [0.25, 0.3) is 11.0 Å². The van der Waals surface area contributed by atoms with Crippen LogP contribution < -0.4 is 0 Å². The molecule has 3 rings (SSSR count). The molecule has 0 aliphatic heterocycles. The Morgan fingerprint density at radius 2 is 2.29 bits per heavy atom. The molecule has 0 radical (unpaired) electrons. The molecule has 1 atom stereocenters. The molecule has 2 aromatic rings. The number of benzene rings is 1. The zero-order valence-corrected chi connectivity index (χ0v) is 7.69. The Bertz CT molecular complexity index is 496. The highest BCUT2D eigenvalue weighted by atomic mass is 16.3. The van der Waals surface area contributed by atoms with Gasteiger partial charge in [0.05, 0.1) is 6.26 Å². The van der Waals surface area contributed by atoms with Crippen LogP contribution in [0.5, 0.6) is 0 Å². The van der Waals surface area contributed by atoms with Crippen LogP contribution >= 0.6 is 0 Å². The summed E-state index contributed by atoms with van der Waals surface area (Å²) in [6.07, 6.45) is 4.70. The van der Waals surface area contributed by atoms with Crippen molar-refractivity contribution in [3.05, 3.63) is 35.6 Å². The largest absolute Gasteiger partial charge is 0.464 e. The highest BCUT2D eigenvalue weighted by Gasteiger charge is 2.24. The Hall–Kier alpha value is -1.57. The van der Waals surface area contributed by atoms with Crippen LogP contribution in [0.4, 0.5) is 0 Å². The second-order valence-corrected chi connectivity index (χ2v) is 3.75. The summed E-state index contributed by atoms with van der Waals surface area (Å²) in [4.78, 5) is 10.9. The Balaban J connectivity index is 2.37. The first-order valence-electron chi connectivity index (χ1n) is 4.84. The summed E-state index contributed by atoms with van der Waals surface area (Å²) in [6.45, 7) is 0. The van der Waals surface area contributed by atoms with Gasteiger partial charge in [-0.05, 0) is 36.1 Å². The number of furan rings is 1. The van der Waals surface area contributed by atoms with E-state index in [1.165, 1.54) is 11.1 Å². The smallest absolute Gasteiger partial charge is 0.134 e. The number of hydrogen-bond acceptors (Lipinski definition) is 2. The molecule has 2 heteroatoms. The molecule has 0 saturated carbocycles. The lowest BCUT2D eigenvalue weighted by Gasteiger charge is -2.03. The van der Waals surface area contributed by atoms with Gasteiger partial charge in [-0.2, -0.15) is 0 Å². The third kappa shape index (κ3) is 0.882. The van der Waals surface area contributed by atoms with Crippen molar-refractivity contribution < 1.29 is 9.21 Å². The first kappa shape index (κ1) is 7.80. The van der Waals surface area contributed by atoms with Gasteiger partial charge in [0.25, 0.3) is 0 Å². The van der Waals surface area contributed by atoms with E-state index in [0.717, 1.165) is 30.1 Å². The third-order valence-corrected chi connectivity index (χ3v) is 3.03. The van der Waals surface area contributed by atoms with E-state index in [-0.39, 0.29) is 5.92 Å². The van der Waals surface area contributed by atoms with Gasteiger partial charge >= 0.3 is 0 Å². The molecule has 1 heterocycles. The number of aryl methyl sites for hydroxylation is 1. The van der Waals surface area contributed by atoms with Crippen molar-refractivity contribution in [2.45, 2.75) is 18.8 Å². The monoisotopic (exact) mass is 186 g/mol. The molecule has 1 unspecified atom stereocenters. The van der Waals surface area contributed by atoms with Crippen LogP contribution in [-0.2, 0) is 11.2 Å². The molecule has 0 fully saturated rings. The van der Waals surface area contributed by atoms with E-state index in [9.17, 15) is 4.79 Å².